The lowest BCUT2D eigenvalue weighted by Gasteiger charge is -2.24. The van der Waals surface area contributed by atoms with Gasteiger partial charge in [-0.25, -0.2) is 4.79 Å². The van der Waals surface area contributed by atoms with Crippen LogP contribution in [0.4, 0.5) is 31.1 Å². The number of fused-ring (bicyclic) bond motifs is 2. The van der Waals surface area contributed by atoms with Gasteiger partial charge in [-0.3, -0.25) is 4.90 Å². The number of hydrogen-bond acceptors (Lipinski definition) is 11. The first-order valence-electron chi connectivity index (χ1n) is 15.2. The molecule has 51 heavy (non-hydrogen) atoms. The van der Waals surface area contributed by atoms with Crippen LogP contribution in [-0.2, 0) is 63.8 Å². The summed E-state index contributed by atoms with van der Waals surface area (Å²) < 4.78 is 131. The zero-order valence-electron chi connectivity index (χ0n) is 27.2. The molecule has 0 bridgehead atoms. The van der Waals surface area contributed by atoms with Gasteiger partial charge in [0.15, 0.2) is 0 Å². The van der Waals surface area contributed by atoms with E-state index in [-0.39, 0.29) is 34.3 Å². The summed E-state index contributed by atoms with van der Waals surface area (Å²) in [4.78, 5) is 14.3. The molecule has 0 saturated carbocycles. The van der Waals surface area contributed by atoms with Crippen LogP contribution in [0.5, 0.6) is 0 Å². The van der Waals surface area contributed by atoms with Crippen LogP contribution in [0.1, 0.15) is 65.9 Å². The molecule has 2 aliphatic heterocycles. The molecular weight excluding hydrogens is 771 g/mol. The maximum Gasteiger partial charge on any atom is 0.410 e. The quantitative estimate of drug-likeness (QED) is 0.206. The average Bonchev–Trinajstić information content (AvgIpc) is 3.82. The molecule has 0 fully saturated rings. The Morgan fingerprint density at radius 2 is 1.25 bits per heavy atom. The lowest BCUT2D eigenvalue weighted by Crippen LogP contribution is -2.33. The number of amides is 1. The van der Waals surface area contributed by atoms with Crippen molar-refractivity contribution in [3.8, 4) is 0 Å². The number of nitrogens with one attached hydrogen (secondary N) is 1. The zero-order chi connectivity index (χ0) is 37.6. The van der Waals surface area contributed by atoms with Gasteiger partial charge < -0.3 is 10.1 Å². The van der Waals surface area contributed by atoms with Crippen LogP contribution in [0, 0.1) is 0 Å². The van der Waals surface area contributed by atoms with E-state index in [0.717, 1.165) is 36.4 Å². The highest BCUT2D eigenvalue weighted by Crippen LogP contribution is 2.31. The monoisotopic (exact) mass is 802 g/mol. The first-order valence-corrected chi connectivity index (χ1v) is 19.7. The fourth-order valence-electron chi connectivity index (χ4n) is 4.84. The summed E-state index contributed by atoms with van der Waals surface area (Å²) in [7, 11) is -7.84. The summed E-state index contributed by atoms with van der Waals surface area (Å²) in [5, 5.41) is 11.1. The molecule has 0 unspecified atom stereocenters. The van der Waals surface area contributed by atoms with Crippen molar-refractivity contribution >= 4 is 48.8 Å². The molecule has 12 nitrogen and oxygen atoms in total. The molecule has 2 aliphatic rings. The Hall–Kier alpha value is -3.47. The van der Waals surface area contributed by atoms with Crippen molar-refractivity contribution < 1.29 is 52.7 Å². The number of carbonyl (C=O) groups excluding carboxylic acids is 1. The van der Waals surface area contributed by atoms with Gasteiger partial charge in [0.2, 0.25) is 0 Å². The Morgan fingerprint density at radius 1 is 0.765 bits per heavy atom. The van der Waals surface area contributed by atoms with E-state index in [1.54, 1.807) is 20.8 Å². The van der Waals surface area contributed by atoms with E-state index in [1.807, 2.05) is 0 Å². The van der Waals surface area contributed by atoms with Gasteiger partial charge in [-0.05, 0) is 57.9 Å². The van der Waals surface area contributed by atoms with Gasteiger partial charge in [-0.15, -0.1) is 22.7 Å². The molecule has 0 aliphatic carbocycles. The van der Waals surface area contributed by atoms with Gasteiger partial charge in [-0.2, -0.15) is 61.5 Å². The van der Waals surface area contributed by atoms with Gasteiger partial charge in [0.05, 0.1) is 24.5 Å². The van der Waals surface area contributed by atoms with Crippen LogP contribution in [0.25, 0.3) is 0 Å². The van der Waals surface area contributed by atoms with Gasteiger partial charge in [-0.1, -0.05) is 0 Å². The van der Waals surface area contributed by atoms with Crippen LogP contribution < -0.4 is 5.32 Å². The smallest absolute Gasteiger partial charge is 0.410 e. The van der Waals surface area contributed by atoms with E-state index in [1.165, 1.54) is 41.6 Å². The third-order valence-electron chi connectivity index (χ3n) is 7.26. The highest BCUT2D eigenvalue weighted by molar-refractivity contribution is 7.92. The predicted molar refractivity (Wildman–Crippen MR) is 173 cm³/mol. The first kappa shape index (κ1) is 38.8. The summed E-state index contributed by atoms with van der Waals surface area (Å²) in [5.74, 6) is 0. The summed E-state index contributed by atoms with van der Waals surface area (Å²) in [6, 6.07) is 5.41. The summed E-state index contributed by atoms with van der Waals surface area (Å²) in [6.07, 6.45) is -8.77. The van der Waals surface area contributed by atoms with E-state index >= 15 is 0 Å². The second-order valence-electron chi connectivity index (χ2n) is 12.6. The topological polar surface area (TPSA) is 145 Å². The van der Waals surface area contributed by atoms with Crippen LogP contribution in [0.2, 0.25) is 0 Å². The van der Waals surface area contributed by atoms with Crippen molar-refractivity contribution in [2.24, 2.45) is 0 Å². The first-order chi connectivity index (χ1) is 23.5. The summed E-state index contributed by atoms with van der Waals surface area (Å²) >= 11 is 1.65. The molecule has 6 heterocycles. The number of ether oxygens (including phenoxy) is 1. The van der Waals surface area contributed by atoms with Gasteiger partial charge in [0.25, 0.3) is 20.0 Å². The Morgan fingerprint density at radius 3 is 1.71 bits per heavy atom. The molecule has 0 aromatic carbocycles. The zero-order valence-corrected chi connectivity index (χ0v) is 30.5. The molecule has 0 spiro atoms. The second-order valence-corrected chi connectivity index (χ2v) is 19.0. The standard InChI is InChI=1S/C17H20F3N3O4S2.C12H12F3N3O2S2/c1-16(2,3)27-15(24)22-8-11-9-23(21-13(11)10-22)29(25,26)14-5-4-12(28-14)6-7-17(18,19)20;13-12(14,15)4-3-9-1-2-11(21-9)22(19,20)18-7-8-5-16-6-10(8)17-18/h4-5,9H,6-8,10H2,1-3H3;1-2,7,16H,3-6H2. The molecular formula is C29H32F6N6O6S4. The number of alkyl halides is 6. The van der Waals surface area contributed by atoms with Crippen molar-refractivity contribution in [2.75, 3.05) is 0 Å². The Balaban J connectivity index is 0.000000205. The number of aryl methyl sites for hydroxylation is 2. The van der Waals surface area contributed by atoms with Crippen molar-refractivity contribution in [3.63, 3.8) is 0 Å². The number of carbonyl (C=O) groups is 1. The van der Waals surface area contributed by atoms with E-state index in [4.69, 9.17) is 4.74 Å². The molecule has 1 N–H and O–H groups in total. The molecule has 280 valence electrons. The largest absolute Gasteiger partial charge is 0.444 e. The lowest BCUT2D eigenvalue weighted by molar-refractivity contribution is -0.134. The number of thiophene rings is 2. The minimum absolute atomic E-state index is 0.00110. The molecule has 6 rings (SSSR count). The third-order valence-corrected chi connectivity index (χ3v) is 13.5. The highest BCUT2D eigenvalue weighted by Gasteiger charge is 2.33. The minimum atomic E-state index is -4.30. The highest BCUT2D eigenvalue weighted by atomic mass is 32.3. The molecule has 4 aromatic rings. The fraction of sp³-hybridized carbons (Fsp3) is 0.483. The molecule has 4 aromatic heterocycles. The van der Waals surface area contributed by atoms with Gasteiger partial charge in [0.1, 0.15) is 14.0 Å². The van der Waals surface area contributed by atoms with Crippen molar-refractivity contribution in [2.45, 2.75) is 99.0 Å². The maximum absolute atomic E-state index is 12.7. The fourth-order valence-corrected chi connectivity index (χ4v) is 10.0. The van der Waals surface area contributed by atoms with Crippen molar-refractivity contribution in [1.82, 2.24) is 28.6 Å². The van der Waals surface area contributed by atoms with Crippen LogP contribution in [0.15, 0.2) is 45.1 Å². The Bertz CT molecular complexity index is 2060. The Kier molecular flexibility index (Phi) is 10.8. The van der Waals surface area contributed by atoms with Gasteiger partial charge in [0, 0.05) is 59.2 Å². The van der Waals surface area contributed by atoms with E-state index < -0.39 is 56.9 Å². The second kappa shape index (κ2) is 14.2. The molecule has 22 heteroatoms. The number of aromatic nitrogens is 4. The number of halogens is 6. The van der Waals surface area contributed by atoms with Gasteiger partial charge >= 0.3 is 18.4 Å². The minimum Gasteiger partial charge on any atom is -0.444 e. The van der Waals surface area contributed by atoms with Crippen molar-refractivity contribution in [3.05, 3.63) is 68.9 Å². The SMILES string of the molecule is CC(C)(C)OC(=O)N1Cc2cn(S(=O)(=O)c3ccc(CCC(F)(F)F)s3)nc2C1.O=S(=O)(c1ccc(CCC(F)(F)F)s1)n1cc2c(n1)CNC2. The summed E-state index contributed by atoms with van der Waals surface area (Å²) in [5.41, 5.74) is 1.86. The van der Waals surface area contributed by atoms with Crippen molar-refractivity contribution in [1.29, 1.82) is 0 Å². The number of nitrogens with zero attached hydrogens (tertiary/aromatic N) is 5. The number of hydrogen-bond donors (Lipinski definition) is 1. The van der Waals surface area contributed by atoms with E-state index in [9.17, 15) is 48.0 Å². The van der Waals surface area contributed by atoms with Crippen LogP contribution >= 0.6 is 22.7 Å². The lowest BCUT2D eigenvalue weighted by atomic mass is 10.2. The molecule has 1 amide bonds. The number of rotatable bonds is 8. The van der Waals surface area contributed by atoms with Crippen LogP contribution in [0.3, 0.4) is 0 Å². The average molecular weight is 803 g/mol. The van der Waals surface area contributed by atoms with E-state index in [0.29, 0.717) is 39.8 Å². The summed E-state index contributed by atoms with van der Waals surface area (Å²) in [6.45, 7) is 6.60. The maximum atomic E-state index is 12.7. The molecule has 0 radical (unpaired) electrons. The third kappa shape index (κ3) is 9.70. The van der Waals surface area contributed by atoms with Crippen LogP contribution in [-0.4, -0.2) is 64.2 Å². The molecule has 0 saturated heterocycles. The predicted octanol–water partition coefficient (Wildman–Crippen LogP) is 6.21. The molecule has 0 atom stereocenters. The van der Waals surface area contributed by atoms with E-state index in [2.05, 4.69) is 15.5 Å². The Labute approximate surface area is 297 Å². The normalized spacial score (nSPS) is 15.0.